The average molecular weight is 348 g/mol. The molecule has 0 aliphatic carbocycles. The van der Waals surface area contributed by atoms with Crippen LogP contribution in [-0.2, 0) is 6.54 Å². The van der Waals surface area contributed by atoms with E-state index in [-0.39, 0.29) is 30.9 Å². The van der Waals surface area contributed by atoms with E-state index in [1.807, 2.05) is 26.0 Å². The smallest absolute Gasteiger partial charge is 0.146 e. The number of aliphatic hydroxyl groups is 1. The fourth-order valence-electron chi connectivity index (χ4n) is 2.46. The number of aliphatic hydroxyl groups excluding tert-OH is 1. The zero-order chi connectivity index (χ0) is 18.4. The van der Waals surface area contributed by atoms with Crippen LogP contribution in [0.1, 0.15) is 19.5 Å². The van der Waals surface area contributed by atoms with Gasteiger partial charge in [0.15, 0.2) is 0 Å². The predicted molar refractivity (Wildman–Crippen MR) is 95.3 cm³/mol. The van der Waals surface area contributed by atoms with Gasteiger partial charge in [-0.05, 0) is 30.2 Å². The Morgan fingerprint density at radius 1 is 1.12 bits per heavy atom. The Morgan fingerprint density at radius 2 is 1.76 bits per heavy atom. The van der Waals surface area contributed by atoms with Gasteiger partial charge in [0, 0.05) is 24.2 Å². The number of methoxy groups -OCH3 is 2. The Balaban J connectivity index is 2.29. The van der Waals surface area contributed by atoms with E-state index in [9.17, 15) is 9.50 Å². The molecule has 0 amide bonds. The maximum absolute atomic E-state index is 14.1. The lowest BCUT2D eigenvalue weighted by molar-refractivity contribution is 0.209. The standard InChI is InChI=1S/C19H25FN2O3/c1-12(2)19(11-23)21-10-18-16(20)5-6-17(22-18)13-7-14(24-3)9-15(8-13)25-4/h5-9,12,19,21,23H,10-11H2,1-4H3/t19-/m0/s1. The van der Waals surface area contributed by atoms with Gasteiger partial charge in [0.25, 0.3) is 0 Å². The number of aromatic nitrogens is 1. The van der Waals surface area contributed by atoms with E-state index in [1.165, 1.54) is 6.07 Å². The van der Waals surface area contributed by atoms with Crippen LogP contribution in [0.25, 0.3) is 11.3 Å². The average Bonchev–Trinajstić information content (AvgIpc) is 2.62. The lowest BCUT2D eigenvalue weighted by Crippen LogP contribution is -2.36. The first kappa shape index (κ1) is 19.1. The molecule has 2 rings (SSSR count). The summed E-state index contributed by atoms with van der Waals surface area (Å²) in [5.41, 5.74) is 1.71. The van der Waals surface area contributed by atoms with E-state index in [2.05, 4.69) is 10.3 Å². The molecule has 5 nitrogen and oxygen atoms in total. The maximum atomic E-state index is 14.1. The van der Waals surface area contributed by atoms with Crippen molar-refractivity contribution in [2.24, 2.45) is 5.92 Å². The SMILES string of the molecule is COc1cc(OC)cc(-c2ccc(F)c(CN[C@@H](CO)C(C)C)n2)c1. The molecule has 1 atom stereocenters. The van der Waals surface area contributed by atoms with Crippen molar-refractivity contribution in [2.45, 2.75) is 26.4 Å². The van der Waals surface area contributed by atoms with Crippen LogP contribution in [0.2, 0.25) is 0 Å². The molecule has 0 aliphatic heterocycles. The fourth-order valence-corrected chi connectivity index (χ4v) is 2.46. The quantitative estimate of drug-likeness (QED) is 0.768. The van der Waals surface area contributed by atoms with E-state index in [0.29, 0.717) is 22.9 Å². The van der Waals surface area contributed by atoms with Crippen LogP contribution < -0.4 is 14.8 Å². The first-order valence-corrected chi connectivity index (χ1v) is 8.21. The molecule has 1 aromatic heterocycles. The molecule has 136 valence electrons. The van der Waals surface area contributed by atoms with Gasteiger partial charge in [-0.3, -0.25) is 0 Å². The van der Waals surface area contributed by atoms with Crippen molar-refractivity contribution in [3.05, 3.63) is 41.8 Å². The minimum Gasteiger partial charge on any atom is -0.497 e. The third kappa shape index (κ3) is 4.90. The van der Waals surface area contributed by atoms with Crippen molar-refractivity contribution in [2.75, 3.05) is 20.8 Å². The van der Waals surface area contributed by atoms with Gasteiger partial charge < -0.3 is 19.9 Å². The van der Waals surface area contributed by atoms with Crippen molar-refractivity contribution < 1.29 is 19.0 Å². The second kappa shape index (κ2) is 8.78. The summed E-state index contributed by atoms with van der Waals surface area (Å²) < 4.78 is 24.7. The molecule has 25 heavy (non-hydrogen) atoms. The molecule has 2 aromatic rings. The predicted octanol–water partition coefficient (Wildman–Crippen LogP) is 3.01. The third-order valence-corrected chi connectivity index (χ3v) is 4.10. The van der Waals surface area contributed by atoms with Crippen LogP contribution in [0, 0.1) is 11.7 Å². The normalized spacial score (nSPS) is 12.3. The Labute approximate surface area is 147 Å². The van der Waals surface area contributed by atoms with Crippen molar-refractivity contribution in [3.8, 4) is 22.8 Å². The lowest BCUT2D eigenvalue weighted by Gasteiger charge is -2.20. The largest absolute Gasteiger partial charge is 0.497 e. The minimum absolute atomic E-state index is 0.00788. The van der Waals surface area contributed by atoms with Gasteiger partial charge in [-0.1, -0.05) is 13.8 Å². The summed E-state index contributed by atoms with van der Waals surface area (Å²) in [4.78, 5) is 4.43. The first-order chi connectivity index (χ1) is 12.0. The molecule has 1 aromatic carbocycles. The fraction of sp³-hybridized carbons (Fsp3) is 0.421. The molecular weight excluding hydrogens is 323 g/mol. The topological polar surface area (TPSA) is 63.6 Å². The Hall–Kier alpha value is -2.18. The van der Waals surface area contributed by atoms with Gasteiger partial charge in [-0.2, -0.15) is 0 Å². The summed E-state index contributed by atoms with van der Waals surface area (Å²) in [5, 5.41) is 12.5. The van der Waals surface area contributed by atoms with Crippen LogP contribution >= 0.6 is 0 Å². The van der Waals surface area contributed by atoms with Gasteiger partial charge in [-0.15, -0.1) is 0 Å². The number of halogens is 1. The van der Waals surface area contributed by atoms with Crippen LogP contribution in [0.15, 0.2) is 30.3 Å². The summed E-state index contributed by atoms with van der Waals surface area (Å²) in [6, 6.07) is 8.33. The number of rotatable bonds is 8. The number of hydrogen-bond donors (Lipinski definition) is 2. The van der Waals surface area contributed by atoms with Gasteiger partial charge in [0.2, 0.25) is 0 Å². The molecule has 0 saturated heterocycles. The molecule has 2 N–H and O–H groups in total. The van der Waals surface area contributed by atoms with Crippen molar-refractivity contribution >= 4 is 0 Å². The second-order valence-electron chi connectivity index (χ2n) is 6.14. The van der Waals surface area contributed by atoms with Gasteiger partial charge >= 0.3 is 0 Å². The summed E-state index contributed by atoms with van der Waals surface area (Å²) in [6.07, 6.45) is 0. The first-order valence-electron chi connectivity index (χ1n) is 8.21. The number of benzene rings is 1. The summed E-state index contributed by atoms with van der Waals surface area (Å²) in [6.45, 7) is 4.23. The molecule has 0 saturated carbocycles. The van der Waals surface area contributed by atoms with E-state index < -0.39 is 0 Å². The highest BCUT2D eigenvalue weighted by atomic mass is 19.1. The summed E-state index contributed by atoms with van der Waals surface area (Å²) in [7, 11) is 3.15. The lowest BCUT2D eigenvalue weighted by atomic mass is 10.1. The Bertz CT molecular complexity index is 685. The molecule has 0 fully saturated rings. The Kier molecular flexibility index (Phi) is 6.73. The van der Waals surface area contributed by atoms with Gasteiger partial charge in [0.05, 0.1) is 32.2 Å². The number of hydrogen-bond acceptors (Lipinski definition) is 5. The van der Waals surface area contributed by atoms with E-state index in [4.69, 9.17) is 9.47 Å². The van der Waals surface area contributed by atoms with Crippen molar-refractivity contribution in [3.63, 3.8) is 0 Å². The van der Waals surface area contributed by atoms with Gasteiger partial charge in [-0.25, -0.2) is 9.37 Å². The van der Waals surface area contributed by atoms with Crippen LogP contribution in [0.3, 0.4) is 0 Å². The van der Waals surface area contributed by atoms with Crippen molar-refractivity contribution in [1.82, 2.24) is 10.3 Å². The third-order valence-electron chi connectivity index (χ3n) is 4.10. The number of nitrogens with one attached hydrogen (secondary N) is 1. The molecule has 0 aliphatic rings. The van der Waals surface area contributed by atoms with Crippen molar-refractivity contribution in [1.29, 1.82) is 0 Å². The second-order valence-corrected chi connectivity index (χ2v) is 6.14. The van der Waals surface area contributed by atoms with Crippen LogP contribution in [0.5, 0.6) is 11.5 Å². The van der Waals surface area contributed by atoms with E-state index in [0.717, 1.165) is 5.56 Å². The molecular formula is C19H25FN2O3. The number of nitrogens with zero attached hydrogens (tertiary/aromatic N) is 1. The zero-order valence-electron chi connectivity index (χ0n) is 15.0. The molecule has 0 spiro atoms. The summed E-state index contributed by atoms with van der Waals surface area (Å²) in [5.74, 6) is 1.13. The Morgan fingerprint density at radius 3 is 2.28 bits per heavy atom. The molecule has 0 radical (unpaired) electrons. The zero-order valence-corrected chi connectivity index (χ0v) is 15.0. The highest BCUT2D eigenvalue weighted by molar-refractivity contribution is 5.64. The maximum Gasteiger partial charge on any atom is 0.146 e. The molecule has 6 heteroatoms. The van der Waals surface area contributed by atoms with E-state index in [1.54, 1.807) is 26.4 Å². The highest BCUT2D eigenvalue weighted by Gasteiger charge is 2.14. The number of ether oxygens (including phenoxy) is 2. The van der Waals surface area contributed by atoms with Gasteiger partial charge in [0.1, 0.15) is 17.3 Å². The molecule has 0 unspecified atom stereocenters. The van der Waals surface area contributed by atoms with Crippen LogP contribution in [0.4, 0.5) is 4.39 Å². The highest BCUT2D eigenvalue weighted by Crippen LogP contribution is 2.29. The molecule has 0 bridgehead atoms. The molecule has 1 heterocycles. The monoisotopic (exact) mass is 348 g/mol. The minimum atomic E-state index is -0.383. The number of pyridine rings is 1. The van der Waals surface area contributed by atoms with Crippen LogP contribution in [-0.4, -0.2) is 37.0 Å². The van der Waals surface area contributed by atoms with E-state index >= 15 is 0 Å². The summed E-state index contributed by atoms with van der Waals surface area (Å²) >= 11 is 0.